The van der Waals surface area contributed by atoms with E-state index in [4.69, 9.17) is 0 Å². The lowest BCUT2D eigenvalue weighted by Crippen LogP contribution is -2.22. The Labute approximate surface area is 152 Å². The van der Waals surface area contributed by atoms with Crippen LogP contribution in [0.25, 0.3) is 5.65 Å². The molecule has 0 bridgehead atoms. The van der Waals surface area contributed by atoms with E-state index in [1.807, 2.05) is 19.1 Å². The summed E-state index contributed by atoms with van der Waals surface area (Å²) < 4.78 is 15.1. The van der Waals surface area contributed by atoms with Crippen molar-refractivity contribution in [2.75, 3.05) is 23.3 Å². The summed E-state index contributed by atoms with van der Waals surface area (Å²) in [5, 5.41) is 2.93. The number of aromatic nitrogens is 2. The standard InChI is InChI=1S/C20H23FN4O/c1-5-24(6-2)16-8-9-17(13(3)11-16)23-20(26)19-14(4)22-18-10-7-15(21)12-25(18)19/h7-12H,5-6H2,1-4H3,(H,23,26). The zero-order valence-corrected chi connectivity index (χ0v) is 15.5. The number of nitrogens with one attached hydrogen (secondary N) is 1. The number of anilines is 2. The van der Waals surface area contributed by atoms with Gasteiger partial charge in [-0.05, 0) is 63.6 Å². The summed E-state index contributed by atoms with van der Waals surface area (Å²) >= 11 is 0. The van der Waals surface area contributed by atoms with Crippen molar-refractivity contribution in [2.24, 2.45) is 0 Å². The van der Waals surface area contributed by atoms with Crippen molar-refractivity contribution < 1.29 is 9.18 Å². The van der Waals surface area contributed by atoms with Crippen molar-refractivity contribution in [1.82, 2.24) is 9.38 Å². The monoisotopic (exact) mass is 354 g/mol. The van der Waals surface area contributed by atoms with Gasteiger partial charge in [0, 0.05) is 30.7 Å². The van der Waals surface area contributed by atoms with Crippen LogP contribution in [0.3, 0.4) is 0 Å². The molecular formula is C20H23FN4O. The summed E-state index contributed by atoms with van der Waals surface area (Å²) in [5.41, 5.74) is 4.27. The van der Waals surface area contributed by atoms with Gasteiger partial charge in [0.15, 0.2) is 0 Å². The third-order valence-electron chi connectivity index (χ3n) is 4.56. The molecule has 26 heavy (non-hydrogen) atoms. The molecule has 136 valence electrons. The zero-order valence-electron chi connectivity index (χ0n) is 15.5. The van der Waals surface area contributed by atoms with Gasteiger partial charge in [-0.25, -0.2) is 9.37 Å². The van der Waals surface area contributed by atoms with Crippen LogP contribution in [0, 0.1) is 19.7 Å². The largest absolute Gasteiger partial charge is 0.372 e. The fourth-order valence-corrected chi connectivity index (χ4v) is 3.17. The number of hydrogen-bond acceptors (Lipinski definition) is 3. The van der Waals surface area contributed by atoms with Crippen LogP contribution in [-0.2, 0) is 0 Å². The Morgan fingerprint density at radius 3 is 2.58 bits per heavy atom. The molecule has 0 saturated carbocycles. The molecule has 3 aromatic rings. The Hall–Kier alpha value is -2.89. The Morgan fingerprint density at radius 2 is 1.92 bits per heavy atom. The summed E-state index contributed by atoms with van der Waals surface area (Å²) in [6.07, 6.45) is 1.28. The Balaban J connectivity index is 1.91. The minimum atomic E-state index is -0.413. The molecule has 2 aromatic heterocycles. The van der Waals surface area contributed by atoms with E-state index >= 15 is 0 Å². The van der Waals surface area contributed by atoms with Crippen LogP contribution >= 0.6 is 0 Å². The molecule has 1 aromatic carbocycles. The van der Waals surface area contributed by atoms with E-state index in [-0.39, 0.29) is 5.91 Å². The predicted octanol–water partition coefficient (Wildman–Crippen LogP) is 4.19. The Kier molecular flexibility index (Phi) is 4.93. The number of nitrogens with zero attached hydrogens (tertiary/aromatic N) is 3. The van der Waals surface area contributed by atoms with Crippen LogP contribution in [0.1, 0.15) is 35.6 Å². The fourth-order valence-electron chi connectivity index (χ4n) is 3.17. The lowest BCUT2D eigenvalue weighted by Gasteiger charge is -2.22. The molecule has 2 heterocycles. The van der Waals surface area contributed by atoms with E-state index in [1.165, 1.54) is 16.7 Å². The number of pyridine rings is 1. The smallest absolute Gasteiger partial charge is 0.274 e. The maximum atomic E-state index is 13.6. The molecule has 0 spiro atoms. The van der Waals surface area contributed by atoms with Crippen molar-refractivity contribution in [2.45, 2.75) is 27.7 Å². The van der Waals surface area contributed by atoms with E-state index in [9.17, 15) is 9.18 Å². The second kappa shape index (κ2) is 7.15. The molecular weight excluding hydrogens is 331 g/mol. The molecule has 5 nitrogen and oxygen atoms in total. The van der Waals surface area contributed by atoms with Crippen molar-refractivity contribution in [1.29, 1.82) is 0 Å². The quantitative estimate of drug-likeness (QED) is 0.747. The SMILES string of the molecule is CCN(CC)c1ccc(NC(=O)c2c(C)nc3ccc(F)cn23)c(C)c1. The van der Waals surface area contributed by atoms with Gasteiger partial charge in [-0.2, -0.15) is 0 Å². The number of halogens is 1. The first-order valence-corrected chi connectivity index (χ1v) is 8.75. The van der Waals surface area contributed by atoms with Gasteiger partial charge in [0.2, 0.25) is 0 Å². The van der Waals surface area contributed by atoms with Gasteiger partial charge in [-0.3, -0.25) is 9.20 Å². The number of benzene rings is 1. The first kappa shape index (κ1) is 17.9. The van der Waals surface area contributed by atoms with Crippen molar-refractivity contribution in [3.05, 3.63) is 59.3 Å². The summed E-state index contributed by atoms with van der Waals surface area (Å²) in [5.74, 6) is -0.719. The minimum absolute atomic E-state index is 0.306. The normalized spacial score (nSPS) is 11.0. The molecule has 1 N–H and O–H groups in total. The fraction of sp³-hybridized carbons (Fsp3) is 0.300. The van der Waals surface area contributed by atoms with Crippen LogP contribution in [0.2, 0.25) is 0 Å². The highest BCUT2D eigenvalue weighted by atomic mass is 19.1. The maximum absolute atomic E-state index is 13.6. The third kappa shape index (κ3) is 3.27. The lowest BCUT2D eigenvalue weighted by atomic mass is 10.1. The Bertz CT molecular complexity index is 960. The molecule has 3 rings (SSSR count). The second-order valence-corrected chi connectivity index (χ2v) is 6.25. The molecule has 0 fully saturated rings. The molecule has 0 aliphatic rings. The van der Waals surface area contributed by atoms with E-state index in [1.54, 1.807) is 13.0 Å². The van der Waals surface area contributed by atoms with Crippen LogP contribution in [0.15, 0.2) is 36.5 Å². The lowest BCUT2D eigenvalue weighted by molar-refractivity contribution is 0.102. The van der Waals surface area contributed by atoms with Crippen LogP contribution < -0.4 is 10.2 Å². The highest BCUT2D eigenvalue weighted by molar-refractivity contribution is 6.05. The van der Waals surface area contributed by atoms with Gasteiger partial charge >= 0.3 is 0 Å². The zero-order chi connectivity index (χ0) is 18.8. The van der Waals surface area contributed by atoms with Crippen molar-refractivity contribution >= 4 is 22.9 Å². The van der Waals surface area contributed by atoms with E-state index in [2.05, 4.69) is 35.1 Å². The number of carbonyl (C=O) groups excluding carboxylic acids is 1. The van der Waals surface area contributed by atoms with E-state index in [0.717, 1.165) is 30.0 Å². The summed E-state index contributed by atoms with van der Waals surface area (Å²) in [4.78, 5) is 19.4. The van der Waals surface area contributed by atoms with Gasteiger partial charge in [-0.1, -0.05) is 0 Å². The van der Waals surface area contributed by atoms with Crippen LogP contribution in [-0.4, -0.2) is 28.4 Å². The van der Waals surface area contributed by atoms with Gasteiger partial charge < -0.3 is 10.2 Å². The van der Waals surface area contributed by atoms with Crippen LogP contribution in [0.5, 0.6) is 0 Å². The maximum Gasteiger partial charge on any atom is 0.274 e. The average molecular weight is 354 g/mol. The number of carbonyl (C=O) groups is 1. The summed E-state index contributed by atoms with van der Waals surface area (Å²) in [7, 11) is 0. The number of amides is 1. The minimum Gasteiger partial charge on any atom is -0.372 e. The molecule has 6 heteroatoms. The first-order valence-electron chi connectivity index (χ1n) is 8.75. The van der Waals surface area contributed by atoms with Gasteiger partial charge in [0.05, 0.1) is 5.69 Å². The topological polar surface area (TPSA) is 49.6 Å². The number of fused-ring (bicyclic) bond motifs is 1. The third-order valence-corrected chi connectivity index (χ3v) is 4.56. The Morgan fingerprint density at radius 1 is 1.19 bits per heavy atom. The molecule has 0 saturated heterocycles. The highest BCUT2D eigenvalue weighted by Gasteiger charge is 2.18. The molecule has 0 unspecified atom stereocenters. The average Bonchev–Trinajstić information content (AvgIpc) is 2.93. The number of imidazole rings is 1. The second-order valence-electron chi connectivity index (χ2n) is 6.25. The van der Waals surface area contributed by atoms with Crippen LogP contribution in [0.4, 0.5) is 15.8 Å². The van der Waals surface area contributed by atoms with Gasteiger partial charge in [0.25, 0.3) is 5.91 Å². The van der Waals surface area contributed by atoms with Gasteiger partial charge in [0.1, 0.15) is 17.2 Å². The predicted molar refractivity (Wildman–Crippen MR) is 103 cm³/mol. The van der Waals surface area contributed by atoms with Crippen molar-refractivity contribution in [3.8, 4) is 0 Å². The highest BCUT2D eigenvalue weighted by Crippen LogP contribution is 2.24. The van der Waals surface area contributed by atoms with Crippen molar-refractivity contribution in [3.63, 3.8) is 0 Å². The molecule has 0 aliphatic carbocycles. The summed E-state index contributed by atoms with van der Waals surface area (Å²) in [6, 6.07) is 8.85. The molecule has 0 aliphatic heterocycles. The summed E-state index contributed by atoms with van der Waals surface area (Å²) in [6.45, 7) is 9.78. The number of hydrogen-bond donors (Lipinski definition) is 1. The number of rotatable bonds is 5. The number of aryl methyl sites for hydroxylation is 2. The van der Waals surface area contributed by atoms with E-state index < -0.39 is 5.82 Å². The molecule has 1 amide bonds. The first-order chi connectivity index (χ1) is 12.4. The van der Waals surface area contributed by atoms with E-state index in [0.29, 0.717) is 17.0 Å². The molecule has 0 radical (unpaired) electrons. The molecule has 0 atom stereocenters. The van der Waals surface area contributed by atoms with Gasteiger partial charge in [-0.15, -0.1) is 0 Å².